The van der Waals surface area contributed by atoms with Crippen molar-refractivity contribution in [2.45, 2.75) is 53.2 Å². The third-order valence-electron chi connectivity index (χ3n) is 11.3. The van der Waals surface area contributed by atoms with Crippen LogP contribution in [-0.2, 0) is 60.2 Å². The molecule has 2 unspecified atom stereocenters. The molecule has 25 nitrogen and oxygen atoms in total. The molecule has 0 saturated heterocycles. The van der Waals surface area contributed by atoms with E-state index in [1.165, 1.54) is 48.3 Å². The summed E-state index contributed by atoms with van der Waals surface area (Å²) in [6, 6.07) is 62.9. The van der Waals surface area contributed by atoms with Crippen LogP contribution < -0.4 is 15.9 Å². The molecular formula is C70H72NO24PS4. The number of aromatic carboxylic acids is 4. The van der Waals surface area contributed by atoms with Crippen LogP contribution in [0.15, 0.2) is 243 Å². The van der Waals surface area contributed by atoms with Crippen molar-refractivity contribution in [1.29, 1.82) is 0 Å². The maximum absolute atomic E-state index is 11.6. The third-order valence-corrected chi connectivity index (χ3v) is 18.5. The number of carboxylic acids is 9. The van der Waals surface area contributed by atoms with Crippen LogP contribution in [0.2, 0.25) is 0 Å². The van der Waals surface area contributed by atoms with E-state index in [2.05, 4.69) is 29.3 Å². The minimum atomic E-state index is -3.66. The van der Waals surface area contributed by atoms with E-state index in [0.29, 0.717) is 33.5 Å². The van der Waals surface area contributed by atoms with Gasteiger partial charge in [0.2, 0.25) is 0 Å². The third kappa shape index (κ3) is 38.1. The summed E-state index contributed by atoms with van der Waals surface area (Å²) in [5.74, 6) is -10.2. The number of rotatable bonds is 21. The van der Waals surface area contributed by atoms with Gasteiger partial charge in [-0.05, 0) is 105 Å². The van der Waals surface area contributed by atoms with Crippen LogP contribution in [0.3, 0.4) is 0 Å². The zero-order valence-electron chi connectivity index (χ0n) is 54.2. The zero-order valence-corrected chi connectivity index (χ0v) is 58.3. The number of aliphatic imine (C=N–C) groups is 1. The number of hydrogen-bond acceptors (Lipinski definition) is 17. The Morgan fingerprint density at radius 2 is 0.880 bits per heavy atom. The van der Waals surface area contributed by atoms with Crippen LogP contribution in [0.1, 0.15) is 85.4 Å². The molecule has 0 aromatic heterocycles. The highest BCUT2D eigenvalue weighted by atomic mass is 32.2. The minimum absolute atomic E-state index is 0.0393. The predicted molar refractivity (Wildman–Crippen MR) is 381 cm³/mol. The lowest BCUT2D eigenvalue weighted by Crippen LogP contribution is -2.24. The van der Waals surface area contributed by atoms with Gasteiger partial charge in [0.1, 0.15) is 25.0 Å². The van der Waals surface area contributed by atoms with Crippen LogP contribution in [-0.4, -0.2) is 165 Å². The van der Waals surface area contributed by atoms with Gasteiger partial charge in [-0.2, -0.15) is 0 Å². The highest BCUT2D eigenvalue weighted by Crippen LogP contribution is 2.34. The largest absolute Gasteiger partial charge is 0.481 e. The molecule has 2 atom stereocenters. The van der Waals surface area contributed by atoms with Gasteiger partial charge in [-0.1, -0.05) is 165 Å². The summed E-state index contributed by atoms with van der Waals surface area (Å²) >= 11 is 1.44. The molecule has 0 aliphatic carbocycles. The quantitative estimate of drug-likeness (QED) is 0.0106. The number of thioether (sulfide) groups is 1. The highest BCUT2D eigenvalue weighted by molar-refractivity contribution is 7.98. The summed E-state index contributed by atoms with van der Waals surface area (Å²) in [5.41, 5.74) is 1.91. The van der Waals surface area contributed by atoms with E-state index in [0.717, 1.165) is 26.5 Å². The van der Waals surface area contributed by atoms with Crippen molar-refractivity contribution in [2.24, 2.45) is 4.99 Å². The second-order valence-corrected chi connectivity index (χ2v) is 26.8. The number of aldehydes is 2. The number of carbonyl (C=O) groups is 11. The molecule has 100 heavy (non-hydrogen) atoms. The fourth-order valence-corrected chi connectivity index (χ4v) is 12.6. The topological polar surface area (TPSA) is 450 Å². The summed E-state index contributed by atoms with van der Waals surface area (Å²) in [6.45, 7) is 5.02. The van der Waals surface area contributed by atoms with Crippen molar-refractivity contribution >= 4 is 139 Å². The first kappa shape index (κ1) is 89.0. The summed E-state index contributed by atoms with van der Waals surface area (Å²) in [7, 11) is -7.19. The lowest BCUT2D eigenvalue weighted by molar-refractivity contribution is -0.139. The van der Waals surface area contributed by atoms with Gasteiger partial charge in [0.05, 0.1) is 53.6 Å². The first-order chi connectivity index (χ1) is 47.3. The van der Waals surface area contributed by atoms with Crippen LogP contribution in [0.4, 0.5) is 0 Å². The number of aliphatic carboxylic acids is 5. The molecule has 0 aliphatic rings. The lowest BCUT2D eigenvalue weighted by atomic mass is 10.1. The second-order valence-electron chi connectivity index (χ2n) is 18.9. The molecule has 9 N–H and O–H groups in total. The molecule has 530 valence electrons. The van der Waals surface area contributed by atoms with Gasteiger partial charge in [-0.25, -0.2) is 27.6 Å². The molecule has 30 heteroatoms. The van der Waals surface area contributed by atoms with Gasteiger partial charge in [0, 0.05) is 33.7 Å². The number of sulfone groups is 1. The molecule has 8 aromatic carbocycles. The van der Waals surface area contributed by atoms with E-state index in [4.69, 9.17) is 40.9 Å². The number of carboxylic acid groups (broad SMARTS) is 9. The Morgan fingerprint density at radius 3 is 1.22 bits per heavy atom. The Bertz CT molecular complexity index is 4070. The Labute approximate surface area is 586 Å². The first-order valence-corrected chi connectivity index (χ1v) is 35.6. The van der Waals surface area contributed by atoms with Gasteiger partial charge in [-0.15, -0.1) is 11.8 Å². The Hall–Kier alpha value is -11.0. The summed E-state index contributed by atoms with van der Waals surface area (Å²) in [4.78, 5) is 117. The average Bonchev–Trinajstić information content (AvgIpc) is 0.802. The molecule has 8 aromatic rings. The Balaban J connectivity index is 0.00000114. The van der Waals surface area contributed by atoms with Gasteiger partial charge >= 0.3 is 53.7 Å². The van der Waals surface area contributed by atoms with E-state index in [1.807, 2.05) is 60.9 Å². The van der Waals surface area contributed by atoms with Crippen molar-refractivity contribution in [2.75, 3.05) is 30.6 Å². The van der Waals surface area contributed by atoms with Crippen molar-refractivity contribution in [1.82, 2.24) is 0 Å². The molecule has 0 saturated carbocycles. The molecule has 0 bridgehead atoms. The van der Waals surface area contributed by atoms with Crippen molar-refractivity contribution < 1.29 is 116 Å². The lowest BCUT2D eigenvalue weighted by Gasteiger charge is -2.20. The number of benzene rings is 8. The number of hydrogen-bond donors (Lipinski definition) is 9. The second kappa shape index (κ2) is 50.4. The van der Waals surface area contributed by atoms with Gasteiger partial charge in [-0.3, -0.25) is 42.2 Å². The molecular weight excluding hydrogens is 1400 g/mol. The van der Waals surface area contributed by atoms with Crippen molar-refractivity contribution in [3.63, 3.8) is 0 Å². The summed E-state index contributed by atoms with van der Waals surface area (Å²) in [6.07, 6.45) is 4.04. The van der Waals surface area contributed by atoms with E-state index in [-0.39, 0.29) is 46.7 Å². The summed E-state index contributed by atoms with van der Waals surface area (Å²) in [5, 5.41) is 78.7. The van der Waals surface area contributed by atoms with Gasteiger partial charge < -0.3 is 50.8 Å². The molecule has 0 fully saturated rings. The van der Waals surface area contributed by atoms with Crippen LogP contribution in [0.25, 0.3) is 0 Å². The van der Waals surface area contributed by atoms with Crippen LogP contribution in [0, 0.1) is 0 Å². The highest BCUT2D eigenvalue weighted by Gasteiger charge is 2.22. The fourth-order valence-electron chi connectivity index (χ4n) is 6.88. The van der Waals surface area contributed by atoms with Gasteiger partial charge in [0.25, 0.3) is 0 Å². The normalized spacial score (nSPS) is 10.3. The van der Waals surface area contributed by atoms with E-state index in [9.17, 15) is 74.7 Å². The number of carbonyl (C=O) groups excluding carboxylic acids is 2. The SMILES string of the molecule is CC(C)=NCC(=O)O.CCC(=O)O.CS(=O)c1ccccc1C(=O)O.CSc1ccccc1C(=O)O.O=C(O)CS(=O)(=O)c1ccccc1.O=C(O)CS(=O)c1ccccc1.O=C(O)c1ccccc1P(c1ccccc1)c1ccccc1.O=CCC(=O)O.O=Cc1ccccc1C(=O)O. The molecule has 0 amide bonds. The average molecular weight is 1470 g/mol. The smallest absolute Gasteiger partial charge is 0.336 e. The Morgan fingerprint density at radius 1 is 0.480 bits per heavy atom. The molecule has 0 radical (unpaired) electrons. The molecule has 0 heterocycles. The maximum atomic E-state index is 11.6. The van der Waals surface area contributed by atoms with Crippen molar-refractivity contribution in [3.05, 3.63) is 246 Å². The van der Waals surface area contributed by atoms with E-state index in [1.54, 1.807) is 130 Å². The molecule has 0 aliphatic heterocycles. The van der Waals surface area contributed by atoms with Gasteiger partial charge in [0.15, 0.2) is 21.9 Å². The standard InChI is InChI=1S/C19H15O2P.C8H8O4S.2C8H8O3S.C8H6O3.C8H8O2S.C5H9NO2.C3H4O3.C3H6O2/c20-19(21)17-13-7-8-14-18(17)22(15-9-3-1-4-10-15)16-11-5-2-6-12-16;9-8(10)6-13(11,12)7-4-2-1-3-5-7;1-12(11)7-5-3-2-4-6(7)8(9)10;9-8(10)6-12(11)7-4-2-1-3-5-7;9-5-6-3-1-2-4-7(6)8(10)11;1-11-7-5-3-2-4-6(7)8(9)10;1-4(2)6-3-5(7)8;4-2-1-3(5)6;1-2-3(4)5/h1-14H,(H,20,21);1-5H,6H2,(H,9,10);2-5H,1H3,(H,9,10);1-5H,6H2,(H,9,10);1-5H,(H,10,11);2-5H,1H3,(H,9,10);3H2,1-2H3,(H,7,8);2H,1H2,(H,5,6);2H2,1H3,(H,4,5). The summed E-state index contributed by atoms with van der Waals surface area (Å²) < 4.78 is 44.7. The van der Waals surface area contributed by atoms with Crippen LogP contribution >= 0.6 is 19.7 Å². The predicted octanol–water partition coefficient (Wildman–Crippen LogP) is 9.69. The fraction of sp³-hybridized carbons (Fsp3) is 0.143. The Kier molecular flexibility index (Phi) is 44.9. The zero-order chi connectivity index (χ0) is 75.8. The monoisotopic (exact) mass is 1470 g/mol. The first-order valence-electron chi connectivity index (χ1n) is 28.5. The number of nitrogens with zero attached hydrogens (tertiary/aromatic N) is 1. The van der Waals surface area contributed by atoms with Crippen LogP contribution in [0.5, 0.6) is 0 Å². The van der Waals surface area contributed by atoms with E-state index >= 15 is 0 Å². The minimum Gasteiger partial charge on any atom is -0.481 e. The van der Waals surface area contributed by atoms with E-state index < -0.39 is 98.8 Å². The maximum Gasteiger partial charge on any atom is 0.336 e. The van der Waals surface area contributed by atoms with Crippen molar-refractivity contribution in [3.8, 4) is 0 Å². The molecule has 8 rings (SSSR count). The molecule has 0 spiro atoms.